The summed E-state index contributed by atoms with van der Waals surface area (Å²) in [5.74, 6) is 1.23. The Morgan fingerprint density at radius 2 is 0.962 bits per heavy atom. The maximum absolute atomic E-state index is 9.56. The van der Waals surface area contributed by atoms with E-state index in [4.69, 9.17) is 0 Å². The smallest absolute Gasteiger partial charge is 0.115 e. The lowest BCUT2D eigenvalue weighted by atomic mass is 9.84. The molecule has 2 N–H and O–H groups in total. The van der Waals surface area contributed by atoms with E-state index in [2.05, 4.69) is 38.1 Å². The molecule has 0 aliphatic carbocycles. The molecule has 0 amide bonds. The third-order valence-corrected chi connectivity index (χ3v) is 5.12. The average Bonchev–Trinajstić information content (AvgIpc) is 2.66. The van der Waals surface area contributed by atoms with Gasteiger partial charge in [0.1, 0.15) is 11.5 Å². The van der Waals surface area contributed by atoms with Crippen LogP contribution < -0.4 is 0 Å². The van der Waals surface area contributed by atoms with Gasteiger partial charge in [0.25, 0.3) is 0 Å². The fraction of sp³-hybridized carbons (Fsp3) is 0.250. The molecular weight excluding hydrogens is 320 g/mol. The third-order valence-electron chi connectivity index (χ3n) is 5.12. The van der Waals surface area contributed by atoms with Crippen LogP contribution in [0.5, 0.6) is 11.5 Å². The van der Waals surface area contributed by atoms with Gasteiger partial charge in [-0.05, 0) is 59.4 Å². The summed E-state index contributed by atoms with van der Waals surface area (Å²) < 4.78 is 0. The molecule has 0 aliphatic rings. The Morgan fingerprint density at radius 3 is 1.31 bits per heavy atom. The first-order valence-corrected chi connectivity index (χ1v) is 9.30. The number of phenols is 2. The van der Waals surface area contributed by atoms with Gasteiger partial charge in [-0.1, -0.05) is 62.4 Å². The standard InChI is InChI=1S/C24H26O2/c1-3-23(17-8-12-21(25)13-9-17)19-6-5-7-20(16-19)24(4-2)18-10-14-22(26)15-11-18/h5-16,23-26H,3-4H2,1-2H3. The van der Waals surface area contributed by atoms with Gasteiger partial charge in [-0.15, -0.1) is 0 Å². The van der Waals surface area contributed by atoms with Gasteiger partial charge in [-0.25, -0.2) is 0 Å². The van der Waals surface area contributed by atoms with Crippen LogP contribution in [0.15, 0.2) is 72.8 Å². The monoisotopic (exact) mass is 346 g/mol. The summed E-state index contributed by atoms with van der Waals surface area (Å²) in [4.78, 5) is 0. The molecular formula is C24H26O2. The first kappa shape index (κ1) is 18.1. The zero-order valence-corrected chi connectivity index (χ0v) is 15.4. The number of hydrogen-bond acceptors (Lipinski definition) is 2. The fourth-order valence-corrected chi connectivity index (χ4v) is 3.73. The molecule has 3 aromatic carbocycles. The van der Waals surface area contributed by atoms with E-state index in [1.54, 1.807) is 24.3 Å². The van der Waals surface area contributed by atoms with Crippen LogP contribution in [0, 0.1) is 0 Å². The minimum atomic E-state index is 0.302. The van der Waals surface area contributed by atoms with Crippen molar-refractivity contribution in [3.05, 3.63) is 95.1 Å². The van der Waals surface area contributed by atoms with Crippen molar-refractivity contribution in [2.45, 2.75) is 38.5 Å². The van der Waals surface area contributed by atoms with Crippen LogP contribution >= 0.6 is 0 Å². The highest BCUT2D eigenvalue weighted by Crippen LogP contribution is 2.34. The summed E-state index contributed by atoms with van der Waals surface area (Å²) in [5, 5.41) is 19.1. The average molecular weight is 346 g/mol. The van der Waals surface area contributed by atoms with Crippen molar-refractivity contribution in [2.75, 3.05) is 0 Å². The van der Waals surface area contributed by atoms with Gasteiger partial charge in [0.05, 0.1) is 0 Å². The third kappa shape index (κ3) is 3.91. The topological polar surface area (TPSA) is 40.5 Å². The van der Waals surface area contributed by atoms with Crippen LogP contribution in [0.2, 0.25) is 0 Å². The quantitative estimate of drug-likeness (QED) is 0.559. The van der Waals surface area contributed by atoms with Crippen molar-refractivity contribution in [3.8, 4) is 11.5 Å². The van der Waals surface area contributed by atoms with Crippen LogP contribution in [-0.4, -0.2) is 10.2 Å². The lowest BCUT2D eigenvalue weighted by Gasteiger charge is -2.21. The van der Waals surface area contributed by atoms with Gasteiger partial charge < -0.3 is 10.2 Å². The van der Waals surface area contributed by atoms with Gasteiger partial charge >= 0.3 is 0 Å². The van der Waals surface area contributed by atoms with Crippen molar-refractivity contribution >= 4 is 0 Å². The molecule has 2 atom stereocenters. The fourth-order valence-electron chi connectivity index (χ4n) is 3.73. The molecule has 0 spiro atoms. The predicted octanol–water partition coefficient (Wildman–Crippen LogP) is 6.18. The zero-order chi connectivity index (χ0) is 18.5. The molecule has 26 heavy (non-hydrogen) atoms. The normalized spacial score (nSPS) is 13.3. The van der Waals surface area contributed by atoms with E-state index in [1.165, 1.54) is 22.3 Å². The lowest BCUT2D eigenvalue weighted by Crippen LogP contribution is -2.04. The molecule has 0 aliphatic heterocycles. The number of hydrogen-bond donors (Lipinski definition) is 2. The van der Waals surface area contributed by atoms with Crippen LogP contribution in [0.4, 0.5) is 0 Å². The summed E-state index contributed by atoms with van der Waals surface area (Å²) >= 11 is 0. The Kier molecular flexibility index (Phi) is 5.62. The van der Waals surface area contributed by atoms with Gasteiger partial charge in [0.15, 0.2) is 0 Å². The second kappa shape index (κ2) is 8.09. The predicted molar refractivity (Wildman–Crippen MR) is 107 cm³/mol. The number of aromatic hydroxyl groups is 2. The summed E-state index contributed by atoms with van der Waals surface area (Å²) in [6, 6.07) is 23.9. The van der Waals surface area contributed by atoms with E-state index in [0.29, 0.717) is 23.3 Å². The van der Waals surface area contributed by atoms with E-state index >= 15 is 0 Å². The van der Waals surface area contributed by atoms with Crippen molar-refractivity contribution in [1.82, 2.24) is 0 Å². The Balaban J connectivity index is 1.95. The van der Waals surface area contributed by atoms with Crippen molar-refractivity contribution in [1.29, 1.82) is 0 Å². The summed E-state index contributed by atoms with van der Waals surface area (Å²) in [7, 11) is 0. The molecule has 3 rings (SSSR count). The maximum atomic E-state index is 9.56. The van der Waals surface area contributed by atoms with E-state index < -0.39 is 0 Å². The van der Waals surface area contributed by atoms with Crippen LogP contribution in [-0.2, 0) is 0 Å². The Bertz CT molecular complexity index is 766. The highest BCUT2D eigenvalue weighted by Gasteiger charge is 2.16. The molecule has 0 saturated heterocycles. The van der Waals surface area contributed by atoms with E-state index in [0.717, 1.165) is 12.8 Å². The largest absolute Gasteiger partial charge is 0.508 e. The van der Waals surface area contributed by atoms with Gasteiger partial charge in [-0.2, -0.15) is 0 Å². The number of rotatable bonds is 6. The minimum Gasteiger partial charge on any atom is -0.508 e. The number of phenolic OH excluding ortho intramolecular Hbond substituents is 2. The highest BCUT2D eigenvalue weighted by molar-refractivity contribution is 5.41. The number of benzene rings is 3. The second-order valence-electron chi connectivity index (χ2n) is 6.77. The Morgan fingerprint density at radius 1 is 0.577 bits per heavy atom. The molecule has 2 unspecified atom stereocenters. The first-order valence-electron chi connectivity index (χ1n) is 9.30. The lowest BCUT2D eigenvalue weighted by molar-refractivity contribution is 0.474. The van der Waals surface area contributed by atoms with Crippen LogP contribution in [0.3, 0.4) is 0 Å². The zero-order valence-electron chi connectivity index (χ0n) is 15.4. The van der Waals surface area contributed by atoms with Crippen LogP contribution in [0.25, 0.3) is 0 Å². The summed E-state index contributed by atoms with van der Waals surface area (Å²) in [6.07, 6.45) is 2.01. The summed E-state index contributed by atoms with van der Waals surface area (Å²) in [5.41, 5.74) is 5.04. The van der Waals surface area contributed by atoms with Gasteiger partial charge in [0, 0.05) is 11.8 Å². The van der Waals surface area contributed by atoms with E-state index in [9.17, 15) is 10.2 Å². The molecule has 0 fully saturated rings. The second-order valence-corrected chi connectivity index (χ2v) is 6.77. The molecule has 0 heterocycles. The van der Waals surface area contributed by atoms with Crippen molar-refractivity contribution in [3.63, 3.8) is 0 Å². The Labute approximate surface area is 155 Å². The van der Waals surface area contributed by atoms with E-state index in [1.807, 2.05) is 24.3 Å². The van der Waals surface area contributed by atoms with Gasteiger partial charge in [-0.3, -0.25) is 0 Å². The molecule has 2 nitrogen and oxygen atoms in total. The molecule has 2 heteroatoms. The molecule has 3 aromatic rings. The molecule has 0 saturated carbocycles. The first-order chi connectivity index (χ1) is 12.6. The van der Waals surface area contributed by atoms with E-state index in [-0.39, 0.29) is 0 Å². The molecule has 134 valence electrons. The van der Waals surface area contributed by atoms with Crippen molar-refractivity contribution < 1.29 is 10.2 Å². The maximum Gasteiger partial charge on any atom is 0.115 e. The SMILES string of the molecule is CCC(c1ccc(O)cc1)c1cccc(C(CC)c2ccc(O)cc2)c1. The van der Waals surface area contributed by atoms with Crippen molar-refractivity contribution in [2.24, 2.45) is 0 Å². The highest BCUT2D eigenvalue weighted by atomic mass is 16.3. The molecule has 0 aromatic heterocycles. The Hall–Kier alpha value is -2.74. The van der Waals surface area contributed by atoms with Gasteiger partial charge in [0.2, 0.25) is 0 Å². The molecule has 0 bridgehead atoms. The summed E-state index contributed by atoms with van der Waals surface area (Å²) in [6.45, 7) is 4.39. The van der Waals surface area contributed by atoms with Crippen LogP contribution in [0.1, 0.15) is 60.8 Å². The molecule has 0 radical (unpaired) electrons. The minimum absolute atomic E-state index is 0.302.